The van der Waals surface area contributed by atoms with Crippen LogP contribution in [0.5, 0.6) is 0 Å². The van der Waals surface area contributed by atoms with E-state index in [1.807, 2.05) is 30.3 Å². The zero-order valence-corrected chi connectivity index (χ0v) is 13.5. The van der Waals surface area contributed by atoms with Crippen molar-refractivity contribution in [2.75, 3.05) is 0 Å². The molecule has 0 amide bonds. The molecule has 106 valence electrons. The SMILES string of the molecule is Cc1cccc(CC(O)c2ccc(Br)c3ccccc23)c1. The maximum absolute atomic E-state index is 10.6. The summed E-state index contributed by atoms with van der Waals surface area (Å²) >= 11 is 3.57. The van der Waals surface area contributed by atoms with Gasteiger partial charge in [0, 0.05) is 10.9 Å². The fourth-order valence-corrected chi connectivity index (χ4v) is 3.23. The Labute approximate surface area is 133 Å². The second kappa shape index (κ2) is 6.00. The molecule has 0 spiro atoms. The van der Waals surface area contributed by atoms with Crippen LogP contribution in [0.2, 0.25) is 0 Å². The Morgan fingerprint density at radius 3 is 2.48 bits per heavy atom. The molecule has 0 fully saturated rings. The van der Waals surface area contributed by atoms with Crippen LogP contribution >= 0.6 is 15.9 Å². The lowest BCUT2D eigenvalue weighted by atomic mass is 9.96. The van der Waals surface area contributed by atoms with Crippen molar-refractivity contribution < 1.29 is 5.11 Å². The van der Waals surface area contributed by atoms with Crippen molar-refractivity contribution in [1.29, 1.82) is 0 Å². The Kier molecular flexibility index (Phi) is 4.09. The van der Waals surface area contributed by atoms with Gasteiger partial charge in [-0.15, -0.1) is 0 Å². The predicted molar refractivity (Wildman–Crippen MR) is 91.5 cm³/mol. The Hall–Kier alpha value is -1.64. The van der Waals surface area contributed by atoms with Crippen molar-refractivity contribution in [2.24, 2.45) is 0 Å². The summed E-state index contributed by atoms with van der Waals surface area (Å²) in [7, 11) is 0. The highest BCUT2D eigenvalue weighted by atomic mass is 79.9. The van der Waals surface area contributed by atoms with E-state index < -0.39 is 6.10 Å². The first-order chi connectivity index (χ1) is 10.1. The number of rotatable bonds is 3. The van der Waals surface area contributed by atoms with Gasteiger partial charge in [0.05, 0.1) is 6.10 Å². The molecule has 1 N–H and O–H groups in total. The first kappa shape index (κ1) is 14.3. The molecule has 1 atom stereocenters. The molecule has 21 heavy (non-hydrogen) atoms. The molecule has 0 aliphatic heterocycles. The van der Waals surface area contributed by atoms with Crippen LogP contribution in [0, 0.1) is 6.92 Å². The lowest BCUT2D eigenvalue weighted by Gasteiger charge is -2.15. The number of aryl methyl sites for hydroxylation is 1. The molecule has 3 rings (SSSR count). The van der Waals surface area contributed by atoms with Crippen molar-refractivity contribution in [3.05, 3.63) is 81.8 Å². The van der Waals surface area contributed by atoms with Crippen LogP contribution in [-0.2, 0) is 6.42 Å². The molecule has 0 bridgehead atoms. The van der Waals surface area contributed by atoms with Gasteiger partial charge in [-0.2, -0.15) is 0 Å². The molecule has 0 heterocycles. The largest absolute Gasteiger partial charge is 0.388 e. The fraction of sp³-hybridized carbons (Fsp3) is 0.158. The first-order valence-corrected chi connectivity index (χ1v) is 7.85. The summed E-state index contributed by atoms with van der Waals surface area (Å²) in [4.78, 5) is 0. The molecular weight excluding hydrogens is 324 g/mol. The first-order valence-electron chi connectivity index (χ1n) is 7.06. The highest BCUT2D eigenvalue weighted by Crippen LogP contribution is 2.31. The van der Waals surface area contributed by atoms with Crippen molar-refractivity contribution in [2.45, 2.75) is 19.4 Å². The van der Waals surface area contributed by atoms with Gasteiger partial charge in [-0.05, 0) is 34.9 Å². The molecular formula is C19H17BrO. The topological polar surface area (TPSA) is 20.2 Å². The molecule has 0 aliphatic rings. The van der Waals surface area contributed by atoms with Gasteiger partial charge in [-0.25, -0.2) is 0 Å². The Morgan fingerprint density at radius 1 is 0.952 bits per heavy atom. The van der Waals surface area contributed by atoms with E-state index in [2.05, 4.69) is 53.2 Å². The van der Waals surface area contributed by atoms with E-state index >= 15 is 0 Å². The summed E-state index contributed by atoms with van der Waals surface area (Å²) in [6.45, 7) is 2.07. The van der Waals surface area contributed by atoms with Gasteiger partial charge in [0.2, 0.25) is 0 Å². The van der Waals surface area contributed by atoms with Crippen LogP contribution in [0.25, 0.3) is 10.8 Å². The standard InChI is InChI=1S/C19H17BrO/c1-13-5-4-6-14(11-13)12-19(21)17-9-10-18(20)16-8-3-2-7-15(16)17/h2-11,19,21H,12H2,1H3. The number of fused-ring (bicyclic) bond motifs is 1. The average molecular weight is 341 g/mol. The summed E-state index contributed by atoms with van der Waals surface area (Å²) < 4.78 is 1.06. The molecule has 2 heteroatoms. The highest BCUT2D eigenvalue weighted by molar-refractivity contribution is 9.10. The number of aliphatic hydroxyl groups excluding tert-OH is 1. The van der Waals surface area contributed by atoms with E-state index in [0.29, 0.717) is 6.42 Å². The number of benzene rings is 3. The van der Waals surface area contributed by atoms with Crippen LogP contribution in [0.4, 0.5) is 0 Å². The molecule has 0 saturated heterocycles. The van der Waals surface area contributed by atoms with Crippen molar-refractivity contribution in [3.63, 3.8) is 0 Å². The fourth-order valence-electron chi connectivity index (χ4n) is 2.75. The van der Waals surface area contributed by atoms with E-state index in [-0.39, 0.29) is 0 Å². The predicted octanol–water partition coefficient (Wildman–Crippen LogP) is 5.19. The van der Waals surface area contributed by atoms with Gasteiger partial charge in [0.15, 0.2) is 0 Å². The van der Waals surface area contributed by atoms with E-state index in [4.69, 9.17) is 0 Å². The van der Waals surface area contributed by atoms with Crippen LogP contribution in [0.3, 0.4) is 0 Å². The lowest BCUT2D eigenvalue weighted by molar-refractivity contribution is 0.180. The number of hydrogen-bond donors (Lipinski definition) is 1. The lowest BCUT2D eigenvalue weighted by Crippen LogP contribution is -2.03. The monoisotopic (exact) mass is 340 g/mol. The summed E-state index contributed by atoms with van der Waals surface area (Å²) in [5.41, 5.74) is 3.37. The second-order valence-electron chi connectivity index (χ2n) is 5.39. The smallest absolute Gasteiger partial charge is 0.0836 e. The minimum absolute atomic E-state index is 0.496. The zero-order chi connectivity index (χ0) is 14.8. The van der Waals surface area contributed by atoms with Gasteiger partial charge in [0.25, 0.3) is 0 Å². The minimum atomic E-state index is -0.496. The molecule has 3 aromatic rings. The molecule has 0 radical (unpaired) electrons. The Bertz CT molecular complexity index is 779. The third kappa shape index (κ3) is 3.02. The molecule has 1 unspecified atom stereocenters. The van der Waals surface area contributed by atoms with Crippen LogP contribution in [0.15, 0.2) is 65.1 Å². The Morgan fingerprint density at radius 2 is 1.71 bits per heavy atom. The summed E-state index contributed by atoms with van der Waals surface area (Å²) in [6, 6.07) is 20.5. The van der Waals surface area contributed by atoms with Crippen molar-refractivity contribution >= 4 is 26.7 Å². The second-order valence-corrected chi connectivity index (χ2v) is 6.25. The van der Waals surface area contributed by atoms with Gasteiger partial charge >= 0.3 is 0 Å². The van der Waals surface area contributed by atoms with Crippen LogP contribution in [-0.4, -0.2) is 5.11 Å². The quantitative estimate of drug-likeness (QED) is 0.695. The molecule has 1 nitrogen and oxygen atoms in total. The van der Waals surface area contributed by atoms with E-state index in [1.165, 1.54) is 5.56 Å². The summed E-state index contributed by atoms with van der Waals surface area (Å²) in [6.07, 6.45) is 0.137. The maximum Gasteiger partial charge on any atom is 0.0836 e. The van der Waals surface area contributed by atoms with Crippen LogP contribution in [0.1, 0.15) is 22.8 Å². The Balaban J connectivity index is 1.98. The summed E-state index contributed by atoms with van der Waals surface area (Å²) in [5.74, 6) is 0. The maximum atomic E-state index is 10.6. The van der Waals surface area contributed by atoms with E-state index in [9.17, 15) is 5.11 Å². The zero-order valence-electron chi connectivity index (χ0n) is 11.9. The number of aliphatic hydroxyl groups is 1. The molecule has 0 aromatic heterocycles. The average Bonchev–Trinajstić information content (AvgIpc) is 2.48. The van der Waals surface area contributed by atoms with E-state index in [1.54, 1.807) is 0 Å². The normalized spacial score (nSPS) is 12.5. The van der Waals surface area contributed by atoms with Crippen LogP contribution < -0.4 is 0 Å². The molecule has 0 saturated carbocycles. The highest BCUT2D eigenvalue weighted by Gasteiger charge is 2.13. The van der Waals surface area contributed by atoms with E-state index in [0.717, 1.165) is 26.4 Å². The molecule has 0 aliphatic carbocycles. The third-order valence-electron chi connectivity index (χ3n) is 3.78. The van der Waals surface area contributed by atoms with Gasteiger partial charge < -0.3 is 5.11 Å². The van der Waals surface area contributed by atoms with Gasteiger partial charge in [-0.3, -0.25) is 0 Å². The van der Waals surface area contributed by atoms with Gasteiger partial charge in [-0.1, -0.05) is 76.1 Å². The molecule has 3 aromatic carbocycles. The summed E-state index contributed by atoms with van der Waals surface area (Å²) in [5, 5.41) is 12.9. The van der Waals surface area contributed by atoms with Crippen molar-refractivity contribution in [1.82, 2.24) is 0 Å². The number of halogens is 1. The van der Waals surface area contributed by atoms with Gasteiger partial charge in [0.1, 0.15) is 0 Å². The third-order valence-corrected chi connectivity index (χ3v) is 4.47. The minimum Gasteiger partial charge on any atom is -0.388 e. The van der Waals surface area contributed by atoms with Crippen molar-refractivity contribution in [3.8, 4) is 0 Å². The number of hydrogen-bond acceptors (Lipinski definition) is 1.